The number of likely N-dealkylation sites (tertiary alicyclic amines) is 1. The first kappa shape index (κ1) is 30.1. The number of primary amides is 1. The summed E-state index contributed by atoms with van der Waals surface area (Å²) in [6, 6.07) is 3.74. The number of para-hydroxylation sites is 1. The number of amides is 4. The van der Waals surface area contributed by atoms with E-state index in [1.165, 1.54) is 4.90 Å². The van der Waals surface area contributed by atoms with Crippen molar-refractivity contribution in [2.75, 3.05) is 6.54 Å². The van der Waals surface area contributed by atoms with Crippen LogP contribution in [0.15, 0.2) is 30.5 Å². The number of fused-ring (bicyclic) bond motifs is 1. The number of aliphatic hydroxyl groups is 1. The van der Waals surface area contributed by atoms with E-state index < -0.39 is 53.9 Å². The van der Waals surface area contributed by atoms with Crippen molar-refractivity contribution < 1.29 is 24.3 Å². The number of nitrogens with zero attached hydrogens (tertiary/aromatic N) is 1. The highest BCUT2D eigenvalue weighted by atomic mass is 16.3. The number of rotatable bonds is 10. The Morgan fingerprint density at radius 3 is 2.44 bits per heavy atom. The van der Waals surface area contributed by atoms with E-state index in [0.717, 1.165) is 16.5 Å². The molecule has 11 heteroatoms. The van der Waals surface area contributed by atoms with Gasteiger partial charge in [-0.05, 0) is 29.4 Å². The summed E-state index contributed by atoms with van der Waals surface area (Å²) in [4.78, 5) is 56.6. The van der Waals surface area contributed by atoms with Gasteiger partial charge < -0.3 is 37.1 Å². The summed E-state index contributed by atoms with van der Waals surface area (Å²) in [6.07, 6.45) is 1.43. The molecule has 1 aliphatic heterocycles. The Hall–Kier alpha value is -3.44. The van der Waals surface area contributed by atoms with Gasteiger partial charge in [0.2, 0.25) is 23.6 Å². The van der Waals surface area contributed by atoms with Crippen LogP contribution in [0.4, 0.5) is 0 Å². The van der Waals surface area contributed by atoms with Crippen molar-refractivity contribution in [3.63, 3.8) is 0 Å². The zero-order valence-electron chi connectivity index (χ0n) is 23.4. The SMILES string of the molecule is CC(C)C(NC(=O)[C@H](Cc1c[nH]c2ccccc12)NC(=O)[C@@H]1CC(O)CN1C(=O)[C@@H](N)CC(C)(C)C)C(N)=O. The summed E-state index contributed by atoms with van der Waals surface area (Å²) in [7, 11) is 0. The minimum atomic E-state index is -1.07. The summed E-state index contributed by atoms with van der Waals surface area (Å²) in [5.74, 6) is -2.53. The van der Waals surface area contributed by atoms with Gasteiger partial charge >= 0.3 is 0 Å². The normalized spacial score (nSPS) is 20.1. The van der Waals surface area contributed by atoms with Crippen LogP contribution < -0.4 is 22.1 Å². The summed E-state index contributed by atoms with van der Waals surface area (Å²) in [6.45, 7) is 9.39. The van der Waals surface area contributed by atoms with Gasteiger partial charge in [0, 0.05) is 36.5 Å². The Bertz CT molecular complexity index is 1200. The molecule has 39 heavy (non-hydrogen) atoms. The van der Waals surface area contributed by atoms with E-state index in [9.17, 15) is 24.3 Å². The molecule has 2 heterocycles. The van der Waals surface area contributed by atoms with Gasteiger partial charge in [-0.25, -0.2) is 0 Å². The fourth-order valence-electron chi connectivity index (χ4n) is 5.08. The standard InChI is InChI=1S/C28H42N6O5/c1-15(2)23(24(30)36)33-25(37)21(10-16-13-31-20-9-7-6-8-18(16)20)32-26(38)22-11-17(35)14-34(22)27(39)19(29)12-28(3,4)5/h6-9,13,15,17,19,21-23,31,35H,10-12,14,29H2,1-5H3,(H2,30,36)(H,32,38)(H,33,37)/t17?,19-,21-,22-,23?/m0/s1. The van der Waals surface area contributed by atoms with Crippen LogP contribution >= 0.6 is 0 Å². The van der Waals surface area contributed by atoms with E-state index in [1.54, 1.807) is 20.0 Å². The maximum atomic E-state index is 13.5. The second-order valence-electron chi connectivity index (χ2n) is 12.0. The molecule has 0 aliphatic carbocycles. The number of hydrogen-bond donors (Lipinski definition) is 6. The number of aliphatic hydroxyl groups excluding tert-OH is 1. The van der Waals surface area contributed by atoms with Crippen LogP contribution in [-0.4, -0.2) is 75.4 Å². The Balaban J connectivity index is 1.85. The Morgan fingerprint density at radius 2 is 1.82 bits per heavy atom. The van der Waals surface area contributed by atoms with Gasteiger partial charge in [0.15, 0.2) is 0 Å². The molecule has 0 bridgehead atoms. The Morgan fingerprint density at radius 1 is 1.15 bits per heavy atom. The number of nitrogens with two attached hydrogens (primary N) is 2. The number of β-amino-alcohol motifs (C(OH)–C–C–N with tert-alkyl or cyclic N) is 1. The molecule has 214 valence electrons. The van der Waals surface area contributed by atoms with Gasteiger partial charge in [-0.1, -0.05) is 52.8 Å². The molecule has 1 saturated heterocycles. The lowest BCUT2D eigenvalue weighted by molar-refractivity contribution is -0.141. The van der Waals surface area contributed by atoms with Gasteiger partial charge in [-0.15, -0.1) is 0 Å². The molecule has 3 rings (SSSR count). The van der Waals surface area contributed by atoms with E-state index in [0.29, 0.717) is 6.42 Å². The fourth-order valence-corrected chi connectivity index (χ4v) is 5.08. The molecule has 5 atom stereocenters. The van der Waals surface area contributed by atoms with Gasteiger partial charge in [-0.3, -0.25) is 19.2 Å². The van der Waals surface area contributed by atoms with Crippen LogP contribution in [0, 0.1) is 11.3 Å². The van der Waals surface area contributed by atoms with Crippen LogP contribution in [0.5, 0.6) is 0 Å². The number of hydrogen-bond acceptors (Lipinski definition) is 6. The van der Waals surface area contributed by atoms with E-state index in [4.69, 9.17) is 11.5 Å². The average molecular weight is 543 g/mol. The predicted octanol–water partition coefficient (Wildman–Crippen LogP) is 0.547. The van der Waals surface area contributed by atoms with E-state index in [-0.39, 0.29) is 30.7 Å². The largest absolute Gasteiger partial charge is 0.391 e. The highest BCUT2D eigenvalue weighted by Crippen LogP contribution is 2.25. The predicted molar refractivity (Wildman–Crippen MR) is 148 cm³/mol. The molecule has 2 unspecified atom stereocenters. The monoisotopic (exact) mass is 542 g/mol. The van der Waals surface area contributed by atoms with Crippen molar-refractivity contribution in [2.24, 2.45) is 22.8 Å². The van der Waals surface area contributed by atoms with Crippen LogP contribution in [0.25, 0.3) is 10.9 Å². The number of benzene rings is 1. The lowest BCUT2D eigenvalue weighted by atomic mass is 9.88. The lowest BCUT2D eigenvalue weighted by Crippen LogP contribution is -2.58. The number of nitrogens with one attached hydrogen (secondary N) is 3. The first-order valence-corrected chi connectivity index (χ1v) is 13.4. The molecule has 1 aliphatic rings. The minimum Gasteiger partial charge on any atom is -0.391 e. The second kappa shape index (κ2) is 12.2. The van der Waals surface area contributed by atoms with Crippen LogP contribution in [0.3, 0.4) is 0 Å². The van der Waals surface area contributed by atoms with E-state index in [2.05, 4.69) is 15.6 Å². The summed E-state index contributed by atoms with van der Waals surface area (Å²) in [5, 5.41) is 16.7. The van der Waals surface area contributed by atoms with Crippen LogP contribution in [0.2, 0.25) is 0 Å². The first-order chi connectivity index (χ1) is 18.2. The summed E-state index contributed by atoms with van der Waals surface area (Å²) < 4.78 is 0. The molecule has 4 amide bonds. The lowest BCUT2D eigenvalue weighted by Gasteiger charge is -2.30. The smallest absolute Gasteiger partial charge is 0.243 e. The van der Waals surface area contributed by atoms with Crippen LogP contribution in [-0.2, 0) is 25.6 Å². The molecule has 1 fully saturated rings. The molecule has 1 aromatic heterocycles. The zero-order valence-corrected chi connectivity index (χ0v) is 23.4. The maximum Gasteiger partial charge on any atom is 0.243 e. The molecule has 0 saturated carbocycles. The van der Waals surface area contributed by atoms with Gasteiger partial charge in [0.05, 0.1) is 12.1 Å². The number of carbonyl (C=O) groups excluding carboxylic acids is 4. The van der Waals surface area contributed by atoms with E-state index in [1.807, 2.05) is 45.0 Å². The number of H-pyrrole nitrogens is 1. The summed E-state index contributed by atoms with van der Waals surface area (Å²) in [5.41, 5.74) is 13.1. The van der Waals surface area contributed by atoms with Crippen molar-refractivity contribution in [1.29, 1.82) is 0 Å². The molecule has 0 radical (unpaired) electrons. The van der Waals surface area contributed by atoms with Crippen molar-refractivity contribution in [3.05, 3.63) is 36.0 Å². The third kappa shape index (κ3) is 7.57. The zero-order chi connectivity index (χ0) is 29.1. The number of aromatic amines is 1. The number of aromatic nitrogens is 1. The third-order valence-corrected chi connectivity index (χ3v) is 7.02. The maximum absolute atomic E-state index is 13.5. The minimum absolute atomic E-state index is 0.0226. The topological polar surface area (TPSA) is 184 Å². The Labute approximate surface area is 229 Å². The Kier molecular flexibility index (Phi) is 9.39. The number of carbonyl (C=O) groups is 4. The molecule has 8 N–H and O–H groups in total. The van der Waals surface area contributed by atoms with E-state index >= 15 is 0 Å². The van der Waals surface area contributed by atoms with Crippen molar-refractivity contribution in [2.45, 2.75) is 84.2 Å². The van der Waals surface area contributed by atoms with Crippen molar-refractivity contribution in [3.8, 4) is 0 Å². The second-order valence-corrected chi connectivity index (χ2v) is 12.0. The molecule has 1 aromatic carbocycles. The molecule has 2 aromatic rings. The average Bonchev–Trinajstić information content (AvgIpc) is 3.43. The first-order valence-electron chi connectivity index (χ1n) is 13.4. The van der Waals surface area contributed by atoms with Crippen LogP contribution in [0.1, 0.15) is 53.0 Å². The molecule has 0 spiro atoms. The molecular formula is C28H42N6O5. The van der Waals surface area contributed by atoms with Gasteiger partial charge in [0.25, 0.3) is 0 Å². The van der Waals surface area contributed by atoms with Gasteiger partial charge in [-0.2, -0.15) is 0 Å². The van der Waals surface area contributed by atoms with Crippen molar-refractivity contribution >= 4 is 34.5 Å². The highest BCUT2D eigenvalue weighted by Gasteiger charge is 2.42. The van der Waals surface area contributed by atoms with Crippen molar-refractivity contribution in [1.82, 2.24) is 20.5 Å². The quantitative estimate of drug-likeness (QED) is 0.255. The fraction of sp³-hybridized carbons (Fsp3) is 0.571. The molecular weight excluding hydrogens is 500 g/mol. The third-order valence-electron chi connectivity index (χ3n) is 7.02. The summed E-state index contributed by atoms with van der Waals surface area (Å²) >= 11 is 0. The highest BCUT2D eigenvalue weighted by molar-refractivity contribution is 5.95. The molecule has 11 nitrogen and oxygen atoms in total. The van der Waals surface area contributed by atoms with Gasteiger partial charge in [0.1, 0.15) is 18.1 Å².